The van der Waals surface area contributed by atoms with Gasteiger partial charge < -0.3 is 16.0 Å². The van der Waals surface area contributed by atoms with Gasteiger partial charge >= 0.3 is 6.03 Å². The van der Waals surface area contributed by atoms with E-state index in [9.17, 15) is 4.79 Å². The third-order valence-electron chi connectivity index (χ3n) is 3.11. The van der Waals surface area contributed by atoms with E-state index in [0.717, 1.165) is 5.84 Å². The fraction of sp³-hybridized carbons (Fsp3) is 0.833. The normalized spacial score (nSPS) is 17.9. The average Bonchev–Trinajstić information content (AvgIpc) is 2.35. The molecule has 0 bridgehead atoms. The number of carbonyl (C=O) groups is 1. The molecule has 0 spiro atoms. The summed E-state index contributed by atoms with van der Waals surface area (Å²) in [5.41, 5.74) is 5.95. The van der Waals surface area contributed by atoms with E-state index in [4.69, 9.17) is 5.73 Å². The molecule has 0 aromatic heterocycles. The van der Waals surface area contributed by atoms with Gasteiger partial charge in [-0.2, -0.15) is 0 Å². The molecule has 0 atom stereocenters. The van der Waals surface area contributed by atoms with E-state index in [2.05, 4.69) is 10.3 Å². The van der Waals surface area contributed by atoms with Gasteiger partial charge in [0.15, 0.2) is 0 Å². The topological polar surface area (TPSA) is 70.7 Å². The highest BCUT2D eigenvalue weighted by atomic mass is 16.2. The monoisotopic (exact) mass is 240 g/mol. The van der Waals surface area contributed by atoms with Gasteiger partial charge in [0.05, 0.1) is 12.4 Å². The number of amides is 2. The molecule has 1 saturated carbocycles. The lowest BCUT2D eigenvalue weighted by Crippen LogP contribution is -2.36. The first kappa shape index (κ1) is 13.8. The highest BCUT2D eigenvalue weighted by molar-refractivity contribution is 5.82. The molecule has 2 amide bonds. The van der Waals surface area contributed by atoms with E-state index in [0.29, 0.717) is 19.0 Å². The van der Waals surface area contributed by atoms with Crippen molar-refractivity contribution in [2.24, 2.45) is 16.6 Å². The van der Waals surface area contributed by atoms with Crippen molar-refractivity contribution in [2.45, 2.75) is 32.1 Å². The Hall–Kier alpha value is -1.26. The quantitative estimate of drug-likeness (QED) is 0.440. The second kappa shape index (κ2) is 7.14. The zero-order chi connectivity index (χ0) is 12.7. The number of rotatable bonds is 4. The molecule has 17 heavy (non-hydrogen) atoms. The summed E-state index contributed by atoms with van der Waals surface area (Å²) in [7, 11) is 3.43. The van der Waals surface area contributed by atoms with Crippen LogP contribution in [0, 0.1) is 5.92 Å². The molecule has 0 radical (unpaired) electrons. The molecule has 5 heteroatoms. The highest BCUT2D eigenvalue weighted by Gasteiger charge is 2.16. The first-order valence-electron chi connectivity index (χ1n) is 6.36. The number of hydrogen-bond acceptors (Lipinski definition) is 2. The minimum absolute atomic E-state index is 0.0866. The Morgan fingerprint density at radius 2 is 2.00 bits per heavy atom. The Kier molecular flexibility index (Phi) is 5.80. The summed E-state index contributed by atoms with van der Waals surface area (Å²) in [4.78, 5) is 17.1. The lowest BCUT2D eigenvalue weighted by molar-refractivity contribution is 0.218. The Labute approximate surface area is 103 Å². The van der Waals surface area contributed by atoms with Crippen LogP contribution in [0.3, 0.4) is 0 Å². The second-order valence-electron chi connectivity index (χ2n) is 4.77. The van der Waals surface area contributed by atoms with Crippen molar-refractivity contribution >= 4 is 11.9 Å². The van der Waals surface area contributed by atoms with Crippen LogP contribution in [-0.2, 0) is 0 Å². The van der Waals surface area contributed by atoms with E-state index in [1.165, 1.54) is 37.0 Å². The minimum atomic E-state index is -0.0866. The highest BCUT2D eigenvalue weighted by Crippen LogP contribution is 2.23. The van der Waals surface area contributed by atoms with Crippen LogP contribution in [0.5, 0.6) is 0 Å². The Bertz CT molecular complexity index is 270. The van der Waals surface area contributed by atoms with E-state index in [1.807, 2.05) is 0 Å². The molecular weight excluding hydrogens is 216 g/mol. The fourth-order valence-electron chi connectivity index (χ4n) is 2.03. The van der Waals surface area contributed by atoms with Crippen LogP contribution in [0.25, 0.3) is 0 Å². The number of carbonyl (C=O) groups excluding carboxylic acids is 1. The Morgan fingerprint density at radius 3 is 2.59 bits per heavy atom. The van der Waals surface area contributed by atoms with Gasteiger partial charge in [0.25, 0.3) is 0 Å². The molecule has 5 nitrogen and oxygen atoms in total. The number of nitrogens with two attached hydrogens (primary N) is 1. The molecule has 1 aliphatic rings. The first-order chi connectivity index (χ1) is 8.11. The third kappa shape index (κ3) is 5.06. The smallest absolute Gasteiger partial charge is 0.316 e. The summed E-state index contributed by atoms with van der Waals surface area (Å²) in [5.74, 6) is 1.23. The third-order valence-corrected chi connectivity index (χ3v) is 3.11. The van der Waals surface area contributed by atoms with E-state index in [1.54, 1.807) is 14.1 Å². The number of urea groups is 1. The average molecular weight is 240 g/mol. The van der Waals surface area contributed by atoms with E-state index >= 15 is 0 Å². The van der Waals surface area contributed by atoms with Crippen LogP contribution in [0.4, 0.5) is 4.79 Å². The SMILES string of the molecule is CN(C)C(=O)NCCN=C(N)C1CCCCC1. The van der Waals surface area contributed by atoms with Gasteiger partial charge in [-0.1, -0.05) is 19.3 Å². The van der Waals surface area contributed by atoms with Gasteiger partial charge in [0.1, 0.15) is 0 Å². The van der Waals surface area contributed by atoms with Crippen LogP contribution in [0.15, 0.2) is 4.99 Å². The molecule has 1 fully saturated rings. The van der Waals surface area contributed by atoms with Crippen molar-refractivity contribution in [3.8, 4) is 0 Å². The lowest BCUT2D eigenvalue weighted by Gasteiger charge is -2.20. The molecule has 0 saturated heterocycles. The Morgan fingerprint density at radius 1 is 1.35 bits per heavy atom. The summed E-state index contributed by atoms with van der Waals surface area (Å²) in [5, 5.41) is 2.76. The Balaban J connectivity index is 2.21. The van der Waals surface area contributed by atoms with Crippen molar-refractivity contribution in [3.05, 3.63) is 0 Å². The molecule has 98 valence electrons. The van der Waals surface area contributed by atoms with Crippen LogP contribution in [-0.4, -0.2) is 44.0 Å². The van der Waals surface area contributed by atoms with Gasteiger partial charge in [-0.3, -0.25) is 4.99 Å². The fourth-order valence-corrected chi connectivity index (χ4v) is 2.03. The summed E-state index contributed by atoms with van der Waals surface area (Å²) in [6.45, 7) is 1.12. The summed E-state index contributed by atoms with van der Waals surface area (Å²) in [6, 6.07) is -0.0866. The van der Waals surface area contributed by atoms with Gasteiger partial charge in [-0.05, 0) is 12.8 Å². The zero-order valence-electron chi connectivity index (χ0n) is 10.9. The molecule has 1 aliphatic carbocycles. The maximum absolute atomic E-state index is 11.2. The number of nitrogens with zero attached hydrogens (tertiary/aromatic N) is 2. The maximum atomic E-state index is 11.2. The lowest BCUT2D eigenvalue weighted by atomic mass is 9.88. The van der Waals surface area contributed by atoms with Crippen molar-refractivity contribution in [3.63, 3.8) is 0 Å². The van der Waals surface area contributed by atoms with Crippen LogP contribution >= 0.6 is 0 Å². The number of hydrogen-bond donors (Lipinski definition) is 2. The molecule has 3 N–H and O–H groups in total. The molecule has 0 aliphatic heterocycles. The van der Waals surface area contributed by atoms with Crippen LogP contribution in [0.2, 0.25) is 0 Å². The molecule has 0 unspecified atom stereocenters. The van der Waals surface area contributed by atoms with E-state index in [-0.39, 0.29) is 6.03 Å². The number of amidine groups is 1. The second-order valence-corrected chi connectivity index (χ2v) is 4.77. The summed E-state index contributed by atoms with van der Waals surface area (Å²) in [6.07, 6.45) is 6.18. The standard InChI is InChI=1S/C12H24N4O/c1-16(2)12(17)15-9-8-14-11(13)10-6-4-3-5-7-10/h10H,3-9H2,1-2H3,(H2,13,14)(H,15,17). The predicted octanol–water partition coefficient (Wildman–Crippen LogP) is 1.20. The van der Waals surface area contributed by atoms with Gasteiger partial charge in [-0.25, -0.2) is 4.79 Å². The van der Waals surface area contributed by atoms with Crippen molar-refractivity contribution < 1.29 is 4.79 Å². The molecular formula is C12H24N4O. The van der Waals surface area contributed by atoms with Crippen LogP contribution in [0.1, 0.15) is 32.1 Å². The number of nitrogens with one attached hydrogen (secondary N) is 1. The van der Waals surface area contributed by atoms with E-state index < -0.39 is 0 Å². The first-order valence-corrected chi connectivity index (χ1v) is 6.36. The van der Waals surface area contributed by atoms with Crippen LogP contribution < -0.4 is 11.1 Å². The largest absolute Gasteiger partial charge is 0.387 e. The van der Waals surface area contributed by atoms with Gasteiger partial charge in [-0.15, -0.1) is 0 Å². The summed E-state index contributed by atoms with van der Waals surface area (Å²) >= 11 is 0. The van der Waals surface area contributed by atoms with Crippen molar-refractivity contribution in [1.29, 1.82) is 0 Å². The molecule has 0 aromatic rings. The zero-order valence-corrected chi connectivity index (χ0v) is 10.9. The van der Waals surface area contributed by atoms with Crippen molar-refractivity contribution in [1.82, 2.24) is 10.2 Å². The number of aliphatic imine (C=N–C) groups is 1. The maximum Gasteiger partial charge on any atom is 0.316 e. The van der Waals surface area contributed by atoms with Gasteiger partial charge in [0, 0.05) is 26.6 Å². The molecule has 0 heterocycles. The summed E-state index contributed by atoms with van der Waals surface area (Å²) < 4.78 is 0. The van der Waals surface area contributed by atoms with Crippen molar-refractivity contribution in [2.75, 3.05) is 27.2 Å². The minimum Gasteiger partial charge on any atom is -0.387 e. The molecule has 0 aromatic carbocycles. The molecule has 1 rings (SSSR count). The van der Waals surface area contributed by atoms with Gasteiger partial charge in [0.2, 0.25) is 0 Å². The predicted molar refractivity (Wildman–Crippen MR) is 70.2 cm³/mol.